The Kier molecular flexibility index (Phi) is 3.66. The minimum absolute atomic E-state index is 0.0801. The second-order valence-electron chi connectivity index (χ2n) is 6.48. The monoisotopic (exact) mass is 370 g/mol. The maximum atomic E-state index is 13.3. The highest BCUT2D eigenvalue weighted by Crippen LogP contribution is 2.52. The molecular weight excluding hydrogens is 352 g/mol. The van der Waals surface area contributed by atoms with E-state index in [-0.39, 0.29) is 17.2 Å². The fourth-order valence-corrected chi connectivity index (χ4v) is 5.85. The zero-order chi connectivity index (χ0) is 18.5. The lowest BCUT2D eigenvalue weighted by molar-refractivity contribution is -0.151. The molecule has 26 heavy (non-hydrogen) atoms. The molecule has 0 unspecified atom stereocenters. The first-order valence-corrected chi connectivity index (χ1v) is 9.84. The number of fused-ring (bicyclic) bond motifs is 2. The average Bonchev–Trinajstić information content (AvgIpc) is 2.97. The molecule has 1 amide bonds. The van der Waals surface area contributed by atoms with E-state index < -0.39 is 20.8 Å². The van der Waals surface area contributed by atoms with Gasteiger partial charge in [0.05, 0.1) is 10.1 Å². The van der Waals surface area contributed by atoms with Crippen LogP contribution in [0.25, 0.3) is 0 Å². The van der Waals surface area contributed by atoms with Gasteiger partial charge in [0.1, 0.15) is 0 Å². The van der Waals surface area contributed by atoms with Crippen LogP contribution in [-0.2, 0) is 25.1 Å². The van der Waals surface area contributed by atoms with Crippen molar-refractivity contribution in [3.05, 3.63) is 65.7 Å². The van der Waals surface area contributed by atoms with E-state index >= 15 is 0 Å². The van der Waals surface area contributed by atoms with Gasteiger partial charge in [0.25, 0.3) is 0 Å². The van der Waals surface area contributed by atoms with Gasteiger partial charge in [-0.05, 0) is 11.6 Å². The summed E-state index contributed by atoms with van der Waals surface area (Å²) in [5.74, 6) is 0.0314. The number of hydrazone groups is 1. The molecule has 0 aliphatic carbocycles. The van der Waals surface area contributed by atoms with Crippen molar-refractivity contribution >= 4 is 21.6 Å². The van der Waals surface area contributed by atoms with E-state index in [1.807, 2.05) is 6.07 Å². The topological polar surface area (TPSA) is 76.0 Å². The Labute approximate surface area is 152 Å². The minimum atomic E-state index is -3.63. The van der Waals surface area contributed by atoms with Crippen molar-refractivity contribution in [2.45, 2.75) is 36.1 Å². The van der Waals surface area contributed by atoms with Crippen LogP contribution < -0.4 is 0 Å². The van der Waals surface area contributed by atoms with Gasteiger partial charge in [-0.15, -0.1) is 5.10 Å². The Morgan fingerprint density at radius 1 is 1.15 bits per heavy atom. The molecule has 134 valence electrons. The van der Waals surface area contributed by atoms with Gasteiger partial charge in [-0.25, -0.2) is 8.42 Å². The third kappa shape index (κ3) is 2.27. The molecule has 2 aliphatic rings. The fourth-order valence-electron chi connectivity index (χ4n) is 3.78. The smallest absolute Gasteiger partial charge is 0.243 e. The first-order chi connectivity index (χ1) is 12.4. The molecule has 6 nitrogen and oxygen atoms in total. The molecule has 1 spiro atoms. The summed E-state index contributed by atoms with van der Waals surface area (Å²) in [6.45, 7) is 3.06. The molecule has 7 heteroatoms. The second kappa shape index (κ2) is 5.67. The number of sulfone groups is 1. The number of amides is 1. The Bertz CT molecular complexity index is 1020. The average molecular weight is 370 g/mol. The first kappa shape index (κ1) is 16.8. The molecule has 0 N–H and O–H groups in total. The van der Waals surface area contributed by atoms with Gasteiger partial charge in [-0.1, -0.05) is 48.5 Å². The van der Waals surface area contributed by atoms with Crippen molar-refractivity contribution < 1.29 is 17.9 Å². The highest BCUT2D eigenvalue weighted by molar-refractivity contribution is 7.91. The van der Waals surface area contributed by atoms with Crippen LogP contribution in [0.1, 0.15) is 36.6 Å². The molecule has 4 rings (SSSR count). The summed E-state index contributed by atoms with van der Waals surface area (Å²) in [5, 5.41) is 4.66. The maximum Gasteiger partial charge on any atom is 0.243 e. The molecule has 2 heterocycles. The highest BCUT2D eigenvalue weighted by atomic mass is 32.2. The molecule has 0 aromatic heterocycles. The van der Waals surface area contributed by atoms with Gasteiger partial charge in [-0.2, -0.15) is 5.01 Å². The number of ether oxygens (including phenoxy) is 1. The Hall–Kier alpha value is -2.67. The summed E-state index contributed by atoms with van der Waals surface area (Å²) in [6, 6.07) is 15.7. The Morgan fingerprint density at radius 3 is 2.50 bits per heavy atom. The van der Waals surface area contributed by atoms with E-state index in [9.17, 15) is 13.2 Å². The van der Waals surface area contributed by atoms with Gasteiger partial charge >= 0.3 is 0 Å². The molecule has 0 bridgehead atoms. The zero-order valence-corrected chi connectivity index (χ0v) is 15.2. The summed E-state index contributed by atoms with van der Waals surface area (Å²) >= 11 is 0. The van der Waals surface area contributed by atoms with Crippen LogP contribution in [-0.4, -0.2) is 25.2 Å². The van der Waals surface area contributed by atoms with Crippen LogP contribution >= 0.6 is 0 Å². The third-order valence-electron chi connectivity index (χ3n) is 4.82. The summed E-state index contributed by atoms with van der Waals surface area (Å²) in [6.07, 6.45) is 0.0801. The third-order valence-corrected chi connectivity index (χ3v) is 6.98. The van der Waals surface area contributed by atoms with E-state index in [0.717, 1.165) is 0 Å². The molecule has 2 aromatic rings. The normalized spacial score (nSPS) is 26.2. The van der Waals surface area contributed by atoms with Crippen LogP contribution in [0.3, 0.4) is 0 Å². The van der Waals surface area contributed by atoms with Crippen LogP contribution in [0, 0.1) is 0 Å². The molecule has 2 aliphatic heterocycles. The fraction of sp³-hybridized carbons (Fsp3) is 0.263. The van der Waals surface area contributed by atoms with E-state index in [0.29, 0.717) is 17.0 Å². The summed E-state index contributed by atoms with van der Waals surface area (Å²) in [5.41, 5.74) is -0.140. The predicted octanol–water partition coefficient (Wildman–Crippen LogP) is 2.97. The molecule has 0 radical (unpaired) electrons. The number of carbonyl (C=O) groups excluding carboxylic acids is 1. The van der Waals surface area contributed by atoms with Gasteiger partial charge in [0.15, 0.2) is 9.84 Å². The van der Waals surface area contributed by atoms with Gasteiger partial charge in [0, 0.05) is 25.8 Å². The molecule has 2 atom stereocenters. The predicted molar refractivity (Wildman–Crippen MR) is 95.8 cm³/mol. The number of hydrogen-bond donors (Lipinski definition) is 0. The molecule has 0 saturated heterocycles. The number of hydrogen-bond acceptors (Lipinski definition) is 5. The van der Waals surface area contributed by atoms with E-state index in [2.05, 4.69) is 5.10 Å². The van der Waals surface area contributed by atoms with Crippen LogP contribution in [0.5, 0.6) is 0 Å². The van der Waals surface area contributed by atoms with Gasteiger partial charge in [0.2, 0.25) is 17.5 Å². The lowest BCUT2D eigenvalue weighted by Gasteiger charge is -2.41. The number of carbonyl (C=O) groups is 1. The number of benzene rings is 2. The summed E-state index contributed by atoms with van der Waals surface area (Å²) in [4.78, 5) is 12.4. The molecular formula is C19H18N2O4S. The van der Waals surface area contributed by atoms with Crippen molar-refractivity contribution in [3.63, 3.8) is 0 Å². The van der Waals surface area contributed by atoms with Gasteiger partial charge in [-0.3, -0.25) is 4.79 Å². The summed E-state index contributed by atoms with van der Waals surface area (Å²) < 4.78 is 32.6. The van der Waals surface area contributed by atoms with E-state index in [4.69, 9.17) is 4.74 Å². The minimum Gasteiger partial charge on any atom is -0.447 e. The quantitative estimate of drug-likeness (QED) is 0.773. The number of rotatable bonds is 1. The Morgan fingerprint density at radius 2 is 1.81 bits per heavy atom. The van der Waals surface area contributed by atoms with Crippen molar-refractivity contribution in [3.8, 4) is 0 Å². The SMILES string of the molecule is CC(=O)N1N=C(C)O[C@]12C[C@H](c1ccccc1)S(=O)(=O)c1ccccc12. The van der Waals surface area contributed by atoms with Crippen LogP contribution in [0.4, 0.5) is 0 Å². The zero-order valence-electron chi connectivity index (χ0n) is 14.4. The van der Waals surface area contributed by atoms with Crippen molar-refractivity contribution in [1.82, 2.24) is 5.01 Å². The molecule has 0 saturated carbocycles. The second-order valence-corrected chi connectivity index (χ2v) is 8.58. The number of nitrogens with zero attached hydrogens (tertiary/aromatic N) is 2. The van der Waals surface area contributed by atoms with Crippen LogP contribution in [0.15, 0.2) is 64.6 Å². The van der Waals surface area contributed by atoms with Crippen LogP contribution in [0.2, 0.25) is 0 Å². The molecule has 0 fully saturated rings. The van der Waals surface area contributed by atoms with Crippen molar-refractivity contribution in [2.75, 3.05) is 0 Å². The lowest BCUT2D eigenvalue weighted by atomic mass is 9.93. The lowest BCUT2D eigenvalue weighted by Crippen LogP contribution is -2.49. The summed E-state index contributed by atoms with van der Waals surface area (Å²) in [7, 11) is -3.63. The van der Waals surface area contributed by atoms with Gasteiger partial charge < -0.3 is 4.74 Å². The van der Waals surface area contributed by atoms with Crippen molar-refractivity contribution in [2.24, 2.45) is 5.10 Å². The largest absolute Gasteiger partial charge is 0.447 e. The molecule has 2 aromatic carbocycles. The highest BCUT2D eigenvalue weighted by Gasteiger charge is 2.57. The van der Waals surface area contributed by atoms with E-state index in [1.54, 1.807) is 55.5 Å². The van der Waals surface area contributed by atoms with Crippen molar-refractivity contribution in [1.29, 1.82) is 0 Å². The maximum absolute atomic E-state index is 13.3. The standard InChI is InChI=1S/C19H18N2O4S/c1-13-20-21(14(2)22)19(25-13)12-18(15-8-4-3-5-9-15)26(23,24)17-11-7-6-10-16(17)19/h3-11,18H,12H2,1-2H3/t18-,19+/m1/s1. The first-order valence-electron chi connectivity index (χ1n) is 8.29. The van der Waals surface area contributed by atoms with E-state index in [1.165, 1.54) is 11.9 Å². The Balaban J connectivity index is 1.98.